The highest BCUT2D eigenvalue weighted by Gasteiger charge is 2.21. The van der Waals surface area contributed by atoms with Gasteiger partial charge in [-0.3, -0.25) is 4.79 Å². The van der Waals surface area contributed by atoms with E-state index in [0.717, 1.165) is 17.0 Å². The minimum atomic E-state index is -0.296. The van der Waals surface area contributed by atoms with Gasteiger partial charge in [0.05, 0.1) is 0 Å². The monoisotopic (exact) mass is 304 g/mol. The smallest absolute Gasteiger partial charge is 0.221 e. The molecular weight excluding hydrogens is 283 g/mol. The summed E-state index contributed by atoms with van der Waals surface area (Å²) in [6.07, 6.45) is 1.21. The van der Waals surface area contributed by atoms with E-state index in [9.17, 15) is 4.79 Å². The zero-order chi connectivity index (χ0) is 13.6. The van der Waals surface area contributed by atoms with Crippen molar-refractivity contribution in [1.29, 1.82) is 0 Å². The third kappa shape index (κ3) is 6.81. The third-order valence-corrected chi connectivity index (χ3v) is 3.04. The molecule has 0 saturated heterocycles. The molecule has 0 spiro atoms. The van der Waals surface area contributed by atoms with E-state index in [2.05, 4.69) is 10.6 Å². The molecule has 1 rings (SSSR count). The molecule has 2 N–H and O–H groups in total. The predicted octanol–water partition coefficient (Wildman–Crippen LogP) is 2.81. The number of nitrogens with one attached hydrogen (secondary N) is 2. The van der Waals surface area contributed by atoms with Crippen LogP contribution in [0.1, 0.15) is 25.8 Å². The molecule has 1 aromatic rings. The summed E-state index contributed by atoms with van der Waals surface area (Å²) in [4.78, 5) is 11.7. The maximum atomic E-state index is 11.7. The highest BCUT2D eigenvalue weighted by atomic mass is 35.5. The van der Waals surface area contributed by atoms with Crippen molar-refractivity contribution in [3.63, 3.8) is 0 Å². The number of rotatable bonds is 6. The number of amides is 1. The van der Waals surface area contributed by atoms with E-state index in [1.165, 1.54) is 0 Å². The van der Waals surface area contributed by atoms with Crippen LogP contribution >= 0.6 is 24.0 Å². The second-order valence-corrected chi connectivity index (χ2v) is 5.46. The van der Waals surface area contributed by atoms with Crippen LogP contribution in [0.15, 0.2) is 24.3 Å². The largest absolute Gasteiger partial charge is 0.351 e. The lowest BCUT2D eigenvalue weighted by atomic mass is 9.94. The number of hydrogen-bond acceptors (Lipinski definition) is 2. The molecular formula is C14H22Cl2N2O. The molecule has 1 amide bonds. The van der Waals surface area contributed by atoms with Crippen LogP contribution in [0.3, 0.4) is 0 Å². The van der Waals surface area contributed by atoms with Gasteiger partial charge in [-0.05, 0) is 38.9 Å². The lowest BCUT2D eigenvalue weighted by Crippen LogP contribution is -2.45. The number of benzene rings is 1. The maximum Gasteiger partial charge on any atom is 0.221 e. The summed E-state index contributed by atoms with van der Waals surface area (Å²) >= 11 is 6.13. The van der Waals surface area contributed by atoms with Crippen molar-refractivity contribution in [2.45, 2.75) is 32.2 Å². The number of hydrogen-bond donors (Lipinski definition) is 2. The van der Waals surface area contributed by atoms with Gasteiger partial charge in [-0.2, -0.15) is 0 Å². The highest BCUT2D eigenvalue weighted by Crippen LogP contribution is 2.20. The van der Waals surface area contributed by atoms with Gasteiger partial charge in [-0.25, -0.2) is 0 Å². The number of halogens is 2. The molecule has 0 heterocycles. The van der Waals surface area contributed by atoms with Crippen molar-refractivity contribution >= 4 is 29.9 Å². The van der Waals surface area contributed by atoms with Crippen LogP contribution in [0.4, 0.5) is 0 Å². The van der Waals surface area contributed by atoms with Gasteiger partial charge in [0.25, 0.3) is 0 Å². The average molecular weight is 305 g/mol. The number of carbonyl (C=O) groups excluding carboxylic acids is 1. The topological polar surface area (TPSA) is 41.1 Å². The van der Waals surface area contributed by atoms with Gasteiger partial charge in [0, 0.05) is 23.5 Å². The molecule has 3 nitrogen and oxygen atoms in total. The average Bonchev–Trinajstić information content (AvgIpc) is 2.28. The molecule has 19 heavy (non-hydrogen) atoms. The van der Waals surface area contributed by atoms with Gasteiger partial charge >= 0.3 is 0 Å². The fourth-order valence-corrected chi connectivity index (χ4v) is 2.04. The predicted molar refractivity (Wildman–Crippen MR) is 83.2 cm³/mol. The molecule has 0 aliphatic carbocycles. The molecule has 5 heteroatoms. The molecule has 0 radical (unpaired) electrons. The van der Waals surface area contributed by atoms with Crippen molar-refractivity contribution in [2.24, 2.45) is 0 Å². The Morgan fingerprint density at radius 3 is 2.53 bits per heavy atom. The molecule has 0 aliphatic rings. The summed E-state index contributed by atoms with van der Waals surface area (Å²) in [5.74, 6) is 0.0569. The zero-order valence-corrected chi connectivity index (χ0v) is 13.2. The Bertz CT molecular complexity index is 408. The maximum absolute atomic E-state index is 11.7. The molecule has 0 saturated carbocycles. The molecule has 0 aromatic heterocycles. The Hall–Kier alpha value is -0.770. The van der Waals surface area contributed by atoms with Crippen molar-refractivity contribution in [2.75, 3.05) is 13.6 Å². The SMILES string of the molecule is CNCCC(=O)NC(C)(C)Cc1ccccc1Cl.Cl. The van der Waals surface area contributed by atoms with Gasteiger partial charge in [-0.15, -0.1) is 12.4 Å². The summed E-state index contributed by atoms with van der Waals surface area (Å²) in [6.45, 7) is 4.70. The van der Waals surface area contributed by atoms with Crippen molar-refractivity contribution < 1.29 is 4.79 Å². The summed E-state index contributed by atoms with van der Waals surface area (Å²) in [7, 11) is 1.84. The highest BCUT2D eigenvalue weighted by molar-refractivity contribution is 6.31. The fourth-order valence-electron chi connectivity index (χ4n) is 1.84. The summed E-state index contributed by atoms with van der Waals surface area (Å²) in [5, 5.41) is 6.74. The second kappa shape index (κ2) is 8.41. The van der Waals surface area contributed by atoms with Crippen LogP contribution in [-0.2, 0) is 11.2 Å². The van der Waals surface area contributed by atoms with Gasteiger partial charge in [0.2, 0.25) is 5.91 Å². The van der Waals surface area contributed by atoms with Gasteiger partial charge < -0.3 is 10.6 Å². The first-order chi connectivity index (χ1) is 8.44. The van der Waals surface area contributed by atoms with Crippen LogP contribution in [0.5, 0.6) is 0 Å². The van der Waals surface area contributed by atoms with Crippen molar-refractivity contribution in [3.8, 4) is 0 Å². The van der Waals surface area contributed by atoms with E-state index in [1.54, 1.807) is 0 Å². The van der Waals surface area contributed by atoms with Crippen LogP contribution in [0.25, 0.3) is 0 Å². The normalized spacial score (nSPS) is 10.7. The van der Waals surface area contributed by atoms with Gasteiger partial charge in [0.15, 0.2) is 0 Å². The standard InChI is InChI=1S/C14H21ClN2O.ClH/c1-14(2,17-13(18)8-9-16-3)10-11-6-4-5-7-12(11)15;/h4-7,16H,8-10H2,1-3H3,(H,17,18);1H. The van der Waals surface area contributed by atoms with E-state index in [1.807, 2.05) is 45.2 Å². The molecule has 0 aliphatic heterocycles. The van der Waals surface area contributed by atoms with Crippen molar-refractivity contribution in [3.05, 3.63) is 34.9 Å². The Kier molecular flexibility index (Phi) is 8.07. The molecule has 108 valence electrons. The third-order valence-electron chi connectivity index (χ3n) is 2.67. The minimum absolute atomic E-state index is 0. The van der Waals surface area contributed by atoms with Crippen LogP contribution < -0.4 is 10.6 Å². The Morgan fingerprint density at radius 1 is 1.32 bits per heavy atom. The van der Waals surface area contributed by atoms with E-state index in [0.29, 0.717) is 13.0 Å². The minimum Gasteiger partial charge on any atom is -0.351 e. The molecule has 1 aromatic carbocycles. The lowest BCUT2D eigenvalue weighted by Gasteiger charge is -2.27. The first kappa shape index (κ1) is 18.2. The van der Waals surface area contributed by atoms with E-state index < -0.39 is 0 Å². The van der Waals surface area contributed by atoms with Gasteiger partial charge in [0.1, 0.15) is 0 Å². The summed E-state index contributed by atoms with van der Waals surface area (Å²) in [5.41, 5.74) is 0.758. The first-order valence-electron chi connectivity index (χ1n) is 6.13. The molecule has 0 bridgehead atoms. The second-order valence-electron chi connectivity index (χ2n) is 5.05. The summed E-state index contributed by atoms with van der Waals surface area (Å²) < 4.78 is 0. The molecule has 0 fully saturated rings. The van der Waals surface area contributed by atoms with E-state index >= 15 is 0 Å². The number of carbonyl (C=O) groups is 1. The molecule has 0 unspecified atom stereocenters. The van der Waals surface area contributed by atoms with Crippen molar-refractivity contribution in [1.82, 2.24) is 10.6 Å². The summed E-state index contributed by atoms with van der Waals surface area (Å²) in [6, 6.07) is 7.73. The Labute approximate surface area is 126 Å². The Balaban J connectivity index is 0.00000324. The fraction of sp³-hybridized carbons (Fsp3) is 0.500. The van der Waals surface area contributed by atoms with Crippen LogP contribution in [0.2, 0.25) is 5.02 Å². The lowest BCUT2D eigenvalue weighted by molar-refractivity contribution is -0.122. The first-order valence-corrected chi connectivity index (χ1v) is 6.51. The quantitative estimate of drug-likeness (QED) is 0.848. The van der Waals surface area contributed by atoms with E-state index in [-0.39, 0.29) is 23.9 Å². The zero-order valence-electron chi connectivity index (χ0n) is 11.6. The van der Waals surface area contributed by atoms with Gasteiger partial charge in [-0.1, -0.05) is 29.8 Å². The Morgan fingerprint density at radius 2 is 1.95 bits per heavy atom. The van der Waals surface area contributed by atoms with Crippen LogP contribution in [0, 0.1) is 0 Å². The van der Waals surface area contributed by atoms with E-state index in [4.69, 9.17) is 11.6 Å². The molecule has 0 atom stereocenters. The van der Waals surface area contributed by atoms with Crippen LogP contribution in [-0.4, -0.2) is 25.0 Å².